The van der Waals surface area contributed by atoms with Gasteiger partial charge in [0, 0.05) is 12.1 Å². The Labute approximate surface area is 94.1 Å². The fourth-order valence-corrected chi connectivity index (χ4v) is 2.13. The van der Waals surface area contributed by atoms with Crippen molar-refractivity contribution >= 4 is 17.2 Å². The predicted octanol–water partition coefficient (Wildman–Crippen LogP) is 1.95. The van der Waals surface area contributed by atoms with E-state index in [0.717, 1.165) is 10.4 Å². The maximum atomic E-state index is 11.8. The summed E-state index contributed by atoms with van der Waals surface area (Å²) >= 11 is 1.44. The lowest BCUT2D eigenvalue weighted by Gasteiger charge is -2.25. The Hall–Kier alpha value is -0.870. The van der Waals surface area contributed by atoms with Crippen molar-refractivity contribution in [2.75, 3.05) is 6.61 Å². The normalized spacial score (nSPS) is 11.5. The Kier molecular flexibility index (Phi) is 3.88. The minimum atomic E-state index is -0.359. The molecule has 0 fully saturated rings. The maximum absolute atomic E-state index is 11.8. The van der Waals surface area contributed by atoms with Crippen LogP contribution in [0.3, 0.4) is 0 Å². The number of aliphatic hydroxyl groups is 1. The molecule has 0 aliphatic rings. The van der Waals surface area contributed by atoms with E-state index >= 15 is 0 Å². The van der Waals surface area contributed by atoms with Gasteiger partial charge in [0.2, 0.25) is 0 Å². The summed E-state index contributed by atoms with van der Waals surface area (Å²) in [5.74, 6) is -0.0547. The SMILES string of the molecule is Cc1ccsc1C(=O)NC(C)(C)CCO. The number of carbonyl (C=O) groups excluding carboxylic acids is 1. The van der Waals surface area contributed by atoms with E-state index in [1.807, 2.05) is 32.2 Å². The fraction of sp³-hybridized carbons (Fsp3) is 0.545. The van der Waals surface area contributed by atoms with Gasteiger partial charge in [-0.3, -0.25) is 4.79 Å². The number of hydrogen-bond acceptors (Lipinski definition) is 3. The topological polar surface area (TPSA) is 49.3 Å². The summed E-state index contributed by atoms with van der Waals surface area (Å²) in [6, 6.07) is 1.93. The standard InChI is InChI=1S/C11H17NO2S/c1-8-4-7-15-9(8)10(14)12-11(2,3)5-6-13/h4,7,13H,5-6H2,1-3H3,(H,12,14). The molecule has 1 heterocycles. The minimum absolute atomic E-state index is 0.0547. The monoisotopic (exact) mass is 227 g/mol. The summed E-state index contributed by atoms with van der Waals surface area (Å²) in [5, 5.41) is 13.7. The first-order chi connectivity index (χ1) is 6.96. The number of aryl methyl sites for hydroxylation is 1. The predicted molar refractivity (Wildman–Crippen MR) is 62.3 cm³/mol. The van der Waals surface area contributed by atoms with Gasteiger partial charge < -0.3 is 10.4 Å². The van der Waals surface area contributed by atoms with Gasteiger partial charge in [0.1, 0.15) is 0 Å². The smallest absolute Gasteiger partial charge is 0.262 e. The lowest BCUT2D eigenvalue weighted by molar-refractivity contribution is 0.0903. The zero-order chi connectivity index (χ0) is 11.5. The zero-order valence-electron chi connectivity index (χ0n) is 9.33. The molecule has 0 atom stereocenters. The highest BCUT2D eigenvalue weighted by Crippen LogP contribution is 2.17. The van der Waals surface area contributed by atoms with E-state index in [2.05, 4.69) is 5.32 Å². The van der Waals surface area contributed by atoms with Gasteiger partial charge in [-0.15, -0.1) is 11.3 Å². The molecular formula is C11H17NO2S. The number of carbonyl (C=O) groups is 1. The summed E-state index contributed by atoms with van der Waals surface area (Å²) < 4.78 is 0. The Balaban J connectivity index is 2.68. The summed E-state index contributed by atoms with van der Waals surface area (Å²) in [4.78, 5) is 12.6. The molecule has 0 spiro atoms. The lowest BCUT2D eigenvalue weighted by Crippen LogP contribution is -2.43. The van der Waals surface area contributed by atoms with E-state index in [-0.39, 0.29) is 18.1 Å². The molecule has 0 aliphatic heterocycles. The van der Waals surface area contributed by atoms with Crippen molar-refractivity contribution in [2.45, 2.75) is 32.7 Å². The number of rotatable bonds is 4. The first-order valence-corrected chi connectivity index (χ1v) is 5.82. The third-order valence-corrected chi connectivity index (χ3v) is 3.27. The molecule has 0 aromatic carbocycles. The van der Waals surface area contributed by atoms with Gasteiger partial charge in [-0.1, -0.05) is 0 Å². The first-order valence-electron chi connectivity index (χ1n) is 4.94. The number of nitrogens with one attached hydrogen (secondary N) is 1. The Morgan fingerprint density at radius 1 is 1.60 bits per heavy atom. The lowest BCUT2D eigenvalue weighted by atomic mass is 10.0. The van der Waals surface area contributed by atoms with Crippen LogP contribution in [0.25, 0.3) is 0 Å². The maximum Gasteiger partial charge on any atom is 0.262 e. The third-order valence-electron chi connectivity index (χ3n) is 2.26. The fourth-order valence-electron chi connectivity index (χ4n) is 1.31. The van der Waals surface area contributed by atoms with Gasteiger partial charge in [0.05, 0.1) is 4.88 Å². The number of amides is 1. The molecule has 1 aromatic heterocycles. The van der Waals surface area contributed by atoms with Crippen molar-refractivity contribution in [2.24, 2.45) is 0 Å². The van der Waals surface area contributed by atoms with Crippen LogP contribution < -0.4 is 5.32 Å². The van der Waals surface area contributed by atoms with E-state index in [1.165, 1.54) is 11.3 Å². The molecule has 1 amide bonds. The molecule has 0 saturated carbocycles. The Morgan fingerprint density at radius 3 is 2.73 bits per heavy atom. The first kappa shape index (κ1) is 12.2. The second-order valence-electron chi connectivity index (χ2n) is 4.24. The van der Waals surface area contributed by atoms with Crippen LogP contribution in [-0.4, -0.2) is 23.2 Å². The van der Waals surface area contributed by atoms with Crippen LogP contribution in [0.5, 0.6) is 0 Å². The Morgan fingerprint density at radius 2 is 2.27 bits per heavy atom. The summed E-state index contributed by atoms with van der Waals surface area (Å²) in [6.07, 6.45) is 0.559. The highest BCUT2D eigenvalue weighted by molar-refractivity contribution is 7.12. The van der Waals surface area contributed by atoms with Crippen LogP contribution in [0.15, 0.2) is 11.4 Å². The van der Waals surface area contributed by atoms with E-state index < -0.39 is 0 Å². The number of hydrogen-bond donors (Lipinski definition) is 2. The molecule has 4 heteroatoms. The van der Waals surface area contributed by atoms with Crippen molar-refractivity contribution in [3.05, 3.63) is 21.9 Å². The molecular weight excluding hydrogens is 210 g/mol. The van der Waals surface area contributed by atoms with Crippen LogP contribution in [0.1, 0.15) is 35.5 Å². The van der Waals surface area contributed by atoms with Crippen LogP contribution in [0.4, 0.5) is 0 Å². The highest BCUT2D eigenvalue weighted by atomic mass is 32.1. The summed E-state index contributed by atoms with van der Waals surface area (Å²) in [7, 11) is 0. The van der Waals surface area contributed by atoms with Crippen molar-refractivity contribution in [1.29, 1.82) is 0 Å². The van der Waals surface area contributed by atoms with Crippen molar-refractivity contribution in [3.8, 4) is 0 Å². The molecule has 0 unspecified atom stereocenters. The average Bonchev–Trinajstić information content (AvgIpc) is 2.50. The van der Waals surface area contributed by atoms with Gasteiger partial charge >= 0.3 is 0 Å². The van der Waals surface area contributed by atoms with Crippen LogP contribution >= 0.6 is 11.3 Å². The largest absolute Gasteiger partial charge is 0.396 e. The van der Waals surface area contributed by atoms with Gasteiger partial charge in [-0.05, 0) is 44.2 Å². The van der Waals surface area contributed by atoms with Crippen molar-refractivity contribution in [1.82, 2.24) is 5.32 Å². The molecule has 0 bridgehead atoms. The third kappa shape index (κ3) is 3.32. The molecule has 84 valence electrons. The zero-order valence-corrected chi connectivity index (χ0v) is 10.1. The molecule has 2 N–H and O–H groups in total. The van der Waals surface area contributed by atoms with E-state index in [9.17, 15) is 4.79 Å². The molecule has 0 aliphatic carbocycles. The van der Waals surface area contributed by atoms with E-state index in [4.69, 9.17) is 5.11 Å². The van der Waals surface area contributed by atoms with E-state index in [1.54, 1.807) is 0 Å². The average molecular weight is 227 g/mol. The highest BCUT2D eigenvalue weighted by Gasteiger charge is 2.21. The summed E-state index contributed by atoms with van der Waals surface area (Å²) in [5.41, 5.74) is 0.639. The minimum Gasteiger partial charge on any atom is -0.396 e. The quantitative estimate of drug-likeness (QED) is 0.826. The van der Waals surface area contributed by atoms with Crippen LogP contribution in [0.2, 0.25) is 0 Å². The molecule has 0 radical (unpaired) electrons. The molecule has 0 saturated heterocycles. The number of thiophene rings is 1. The number of aliphatic hydroxyl groups excluding tert-OH is 1. The second kappa shape index (κ2) is 4.77. The molecule has 1 rings (SSSR count). The Bertz CT molecular complexity index is 344. The molecule has 3 nitrogen and oxygen atoms in total. The van der Waals surface area contributed by atoms with Crippen molar-refractivity contribution < 1.29 is 9.90 Å². The van der Waals surface area contributed by atoms with Crippen LogP contribution in [0, 0.1) is 6.92 Å². The van der Waals surface area contributed by atoms with Crippen molar-refractivity contribution in [3.63, 3.8) is 0 Å². The van der Waals surface area contributed by atoms with E-state index in [0.29, 0.717) is 6.42 Å². The van der Waals surface area contributed by atoms with Gasteiger partial charge in [-0.2, -0.15) is 0 Å². The van der Waals surface area contributed by atoms with Gasteiger partial charge in [-0.25, -0.2) is 0 Å². The summed E-state index contributed by atoms with van der Waals surface area (Å²) in [6.45, 7) is 5.81. The molecule has 15 heavy (non-hydrogen) atoms. The van der Waals surface area contributed by atoms with Gasteiger partial charge in [0.25, 0.3) is 5.91 Å². The second-order valence-corrected chi connectivity index (χ2v) is 5.16. The van der Waals surface area contributed by atoms with Crippen LogP contribution in [-0.2, 0) is 0 Å². The molecule has 1 aromatic rings. The van der Waals surface area contributed by atoms with Gasteiger partial charge in [0.15, 0.2) is 0 Å².